The molecule has 0 saturated carbocycles. The Bertz CT molecular complexity index is 650. The molecule has 0 rings (SSSR count). The molecule has 0 N–H and O–H groups in total. The highest BCUT2D eigenvalue weighted by molar-refractivity contribution is 5.33. The van der Waals surface area contributed by atoms with Crippen LogP contribution >= 0.6 is 0 Å². The second-order valence-electron chi connectivity index (χ2n) is 7.79. The van der Waals surface area contributed by atoms with Gasteiger partial charge in [0, 0.05) is 0 Å². The van der Waals surface area contributed by atoms with Gasteiger partial charge < -0.3 is 23.7 Å². The second-order valence-corrected chi connectivity index (χ2v) is 7.79. The van der Waals surface area contributed by atoms with Crippen molar-refractivity contribution in [2.45, 2.75) is 51.9 Å². The quantitative estimate of drug-likeness (QED) is 0.145. The second kappa shape index (κ2) is 18.8. The minimum absolute atomic E-state index is 0.119. The monoisotopic (exact) mass is 468 g/mol. The van der Waals surface area contributed by atoms with Crippen molar-refractivity contribution < 1.29 is 38.1 Å². The lowest BCUT2D eigenvalue weighted by Crippen LogP contribution is -2.43. The predicted octanol–water partition coefficient (Wildman–Crippen LogP) is 1.10. The van der Waals surface area contributed by atoms with Gasteiger partial charge >= 0.3 is 0 Å². The van der Waals surface area contributed by atoms with E-state index in [9.17, 15) is 14.4 Å². The van der Waals surface area contributed by atoms with E-state index in [1.807, 2.05) is 0 Å². The van der Waals surface area contributed by atoms with E-state index in [1.54, 1.807) is 34.0 Å². The van der Waals surface area contributed by atoms with Crippen LogP contribution < -0.4 is 0 Å². The van der Waals surface area contributed by atoms with Gasteiger partial charge in [-0.05, 0) is 27.7 Å². The Hall–Kier alpha value is -2.73. The standard InChI is InChI=1S/C21H32N4O8/c1-17(23-14-26)5-29-9-21(10-30-6-18(2)24-15-27,11-31-7-19(3)25-16-28)12-32-8-20(4)33-13-22/h17-20H,5-12H2,1-4H3. The van der Waals surface area contributed by atoms with Gasteiger partial charge in [-0.3, -0.25) is 0 Å². The normalized spacial score (nSPS) is 15.8. The van der Waals surface area contributed by atoms with Gasteiger partial charge in [0.05, 0.1) is 76.4 Å². The van der Waals surface area contributed by atoms with Crippen molar-refractivity contribution in [1.82, 2.24) is 0 Å². The van der Waals surface area contributed by atoms with Gasteiger partial charge in [0.25, 0.3) is 6.26 Å². The molecule has 0 radical (unpaired) electrons. The third-order valence-corrected chi connectivity index (χ3v) is 4.14. The molecule has 12 nitrogen and oxygen atoms in total. The van der Waals surface area contributed by atoms with E-state index in [0.29, 0.717) is 0 Å². The highest BCUT2D eigenvalue weighted by Crippen LogP contribution is 2.22. The highest BCUT2D eigenvalue weighted by Gasteiger charge is 2.33. The average molecular weight is 469 g/mol. The van der Waals surface area contributed by atoms with E-state index in [-0.39, 0.29) is 52.9 Å². The molecular weight excluding hydrogens is 436 g/mol. The van der Waals surface area contributed by atoms with Gasteiger partial charge in [0.15, 0.2) is 0 Å². The molecule has 4 unspecified atom stereocenters. The van der Waals surface area contributed by atoms with E-state index in [1.165, 1.54) is 18.2 Å². The summed E-state index contributed by atoms with van der Waals surface area (Å²) in [6, 6.07) is -1.18. The summed E-state index contributed by atoms with van der Waals surface area (Å²) in [5.41, 5.74) is -0.813. The van der Waals surface area contributed by atoms with Crippen LogP contribution in [-0.2, 0) is 38.1 Å². The molecule has 0 heterocycles. The molecule has 0 aromatic rings. The summed E-state index contributed by atoms with van der Waals surface area (Å²) < 4.78 is 27.9. The lowest BCUT2D eigenvalue weighted by Gasteiger charge is -2.33. The molecule has 0 spiro atoms. The van der Waals surface area contributed by atoms with Gasteiger partial charge in [0.2, 0.25) is 18.2 Å². The molecule has 4 atom stereocenters. The van der Waals surface area contributed by atoms with Crippen LogP contribution in [0.2, 0.25) is 0 Å². The molecule has 12 heteroatoms. The Morgan fingerprint density at radius 1 is 0.667 bits per heavy atom. The van der Waals surface area contributed by atoms with Gasteiger partial charge in [-0.1, -0.05) is 0 Å². The first-order valence-electron chi connectivity index (χ1n) is 10.4. The van der Waals surface area contributed by atoms with Crippen LogP contribution in [-0.4, -0.2) is 95.3 Å². The molecule has 0 aliphatic rings. The molecule has 0 aliphatic heterocycles. The number of carbonyl (C=O) groups excluding carboxylic acids is 3. The first kappa shape index (κ1) is 30.3. The van der Waals surface area contributed by atoms with Crippen molar-refractivity contribution in [2.75, 3.05) is 52.9 Å². The van der Waals surface area contributed by atoms with Crippen LogP contribution in [0.1, 0.15) is 27.7 Å². The number of nitrogens with zero attached hydrogens (tertiary/aromatic N) is 4. The fourth-order valence-corrected chi connectivity index (χ4v) is 2.54. The number of nitriles is 1. The Morgan fingerprint density at radius 2 is 1.00 bits per heavy atom. The molecule has 184 valence electrons. The van der Waals surface area contributed by atoms with Crippen LogP contribution in [0.3, 0.4) is 0 Å². The summed E-state index contributed by atoms with van der Waals surface area (Å²) in [6.45, 7) is 7.88. The Labute approximate surface area is 193 Å². The average Bonchev–Trinajstić information content (AvgIpc) is 2.74. The van der Waals surface area contributed by atoms with Crippen molar-refractivity contribution in [3.05, 3.63) is 0 Å². The summed E-state index contributed by atoms with van der Waals surface area (Å²) in [5.74, 6) is 0. The van der Waals surface area contributed by atoms with Crippen molar-refractivity contribution in [3.63, 3.8) is 0 Å². The number of isocyanates is 3. The third-order valence-electron chi connectivity index (χ3n) is 4.14. The number of rotatable bonds is 20. The summed E-state index contributed by atoms with van der Waals surface area (Å²) in [7, 11) is 0. The molecule has 0 amide bonds. The fourth-order valence-electron chi connectivity index (χ4n) is 2.54. The number of aliphatic imine (C=N–C) groups is 3. The maximum atomic E-state index is 10.4. The van der Waals surface area contributed by atoms with Crippen LogP contribution in [0.5, 0.6) is 0 Å². The minimum atomic E-state index is -0.813. The zero-order valence-corrected chi connectivity index (χ0v) is 19.5. The van der Waals surface area contributed by atoms with E-state index >= 15 is 0 Å². The zero-order chi connectivity index (χ0) is 25.0. The third kappa shape index (κ3) is 15.7. The SMILES string of the molecule is CC(COCC(COCC(C)N=C=O)(COCC(C)N=C=O)COCC(C)OC#N)N=C=O. The molecule has 0 aromatic carbocycles. The molecular formula is C21H32N4O8. The van der Waals surface area contributed by atoms with Crippen LogP contribution in [0.4, 0.5) is 0 Å². The molecule has 0 fully saturated rings. The minimum Gasteiger partial charge on any atom is -0.422 e. The van der Waals surface area contributed by atoms with Gasteiger partial charge in [-0.2, -0.15) is 5.26 Å². The Balaban J connectivity index is 5.36. The molecule has 33 heavy (non-hydrogen) atoms. The van der Waals surface area contributed by atoms with E-state index < -0.39 is 29.6 Å². The highest BCUT2D eigenvalue weighted by atomic mass is 16.5. The van der Waals surface area contributed by atoms with Gasteiger partial charge in [-0.25, -0.2) is 29.4 Å². The van der Waals surface area contributed by atoms with Crippen molar-refractivity contribution in [3.8, 4) is 6.26 Å². The zero-order valence-electron chi connectivity index (χ0n) is 19.5. The van der Waals surface area contributed by atoms with Crippen LogP contribution in [0, 0.1) is 16.9 Å². The van der Waals surface area contributed by atoms with Gasteiger partial charge in [0.1, 0.15) is 6.10 Å². The summed E-state index contributed by atoms with van der Waals surface area (Å²) in [6.07, 6.45) is 5.62. The number of hydrogen-bond donors (Lipinski definition) is 0. The topological polar surface area (TPSA) is 158 Å². The maximum absolute atomic E-state index is 10.4. The van der Waals surface area contributed by atoms with E-state index in [2.05, 4.69) is 15.0 Å². The van der Waals surface area contributed by atoms with E-state index in [4.69, 9.17) is 28.9 Å². The first-order chi connectivity index (χ1) is 15.8. The lowest BCUT2D eigenvalue weighted by atomic mass is 9.92. The molecule has 0 saturated heterocycles. The Morgan fingerprint density at radius 3 is 1.30 bits per heavy atom. The van der Waals surface area contributed by atoms with Gasteiger partial charge in [-0.15, -0.1) is 0 Å². The molecule has 0 bridgehead atoms. The van der Waals surface area contributed by atoms with Crippen molar-refractivity contribution in [2.24, 2.45) is 20.4 Å². The smallest absolute Gasteiger partial charge is 0.286 e. The predicted molar refractivity (Wildman–Crippen MR) is 115 cm³/mol. The van der Waals surface area contributed by atoms with E-state index in [0.717, 1.165) is 0 Å². The summed E-state index contributed by atoms with van der Waals surface area (Å²) in [4.78, 5) is 42.1. The van der Waals surface area contributed by atoms with Crippen LogP contribution in [0.15, 0.2) is 15.0 Å². The number of ether oxygens (including phenoxy) is 5. The molecule has 0 aromatic heterocycles. The van der Waals surface area contributed by atoms with Crippen molar-refractivity contribution >= 4 is 18.2 Å². The summed E-state index contributed by atoms with van der Waals surface area (Å²) in [5, 5.41) is 8.63. The largest absolute Gasteiger partial charge is 0.422 e. The van der Waals surface area contributed by atoms with Crippen molar-refractivity contribution in [1.29, 1.82) is 5.26 Å². The first-order valence-corrected chi connectivity index (χ1v) is 10.4. The summed E-state index contributed by atoms with van der Waals surface area (Å²) >= 11 is 0. The fraction of sp³-hybridized carbons (Fsp3) is 0.810. The molecule has 0 aliphatic carbocycles. The Kier molecular flexibility index (Phi) is 17.2. The van der Waals surface area contributed by atoms with Crippen LogP contribution in [0.25, 0.3) is 0 Å². The number of hydrogen-bond acceptors (Lipinski definition) is 12. The lowest BCUT2D eigenvalue weighted by molar-refractivity contribution is -0.115. The maximum Gasteiger partial charge on any atom is 0.286 e.